The highest BCUT2D eigenvalue weighted by atomic mass is 32.1. The number of aryl methyl sites for hydroxylation is 1. The SMILES string of the molecule is Cc1cc(C=CCC#N)cs1. The molecule has 0 amide bonds. The Hall–Kier alpha value is -1.07. The highest BCUT2D eigenvalue weighted by Crippen LogP contribution is 2.14. The van der Waals surface area contributed by atoms with E-state index in [0.29, 0.717) is 6.42 Å². The molecule has 1 aromatic rings. The van der Waals surface area contributed by atoms with Gasteiger partial charge in [-0.1, -0.05) is 12.2 Å². The lowest BCUT2D eigenvalue weighted by atomic mass is 10.3. The Bertz CT molecular complexity index is 291. The van der Waals surface area contributed by atoms with E-state index >= 15 is 0 Å². The van der Waals surface area contributed by atoms with Crippen molar-refractivity contribution in [3.63, 3.8) is 0 Å². The third kappa shape index (κ3) is 2.57. The lowest BCUT2D eigenvalue weighted by molar-refractivity contribution is 1.36. The first-order chi connectivity index (χ1) is 5.33. The van der Waals surface area contributed by atoms with Crippen LogP contribution < -0.4 is 0 Å². The van der Waals surface area contributed by atoms with Gasteiger partial charge in [0.1, 0.15) is 0 Å². The van der Waals surface area contributed by atoms with E-state index in [2.05, 4.69) is 24.4 Å². The molecule has 0 aliphatic heterocycles. The maximum Gasteiger partial charge on any atom is 0.0663 e. The van der Waals surface area contributed by atoms with Gasteiger partial charge >= 0.3 is 0 Å². The lowest BCUT2D eigenvalue weighted by Crippen LogP contribution is -1.61. The summed E-state index contributed by atoms with van der Waals surface area (Å²) in [4.78, 5) is 1.31. The van der Waals surface area contributed by atoms with Crippen LogP contribution in [0.15, 0.2) is 17.5 Å². The van der Waals surface area contributed by atoms with Crippen molar-refractivity contribution in [3.8, 4) is 6.07 Å². The summed E-state index contributed by atoms with van der Waals surface area (Å²) < 4.78 is 0. The Morgan fingerprint density at radius 3 is 3.09 bits per heavy atom. The number of thiophene rings is 1. The first-order valence-corrected chi connectivity index (χ1v) is 4.29. The van der Waals surface area contributed by atoms with Crippen molar-refractivity contribution >= 4 is 17.4 Å². The van der Waals surface area contributed by atoms with Gasteiger partial charge in [-0.3, -0.25) is 0 Å². The molecule has 11 heavy (non-hydrogen) atoms. The predicted octanol–water partition coefficient (Wildman–Crippen LogP) is 2.98. The summed E-state index contributed by atoms with van der Waals surface area (Å²) in [7, 11) is 0. The summed E-state index contributed by atoms with van der Waals surface area (Å²) in [5.74, 6) is 0. The molecular weight excluding hydrogens is 154 g/mol. The molecule has 0 aliphatic rings. The molecule has 0 atom stereocenters. The van der Waals surface area contributed by atoms with Gasteiger partial charge in [0.2, 0.25) is 0 Å². The van der Waals surface area contributed by atoms with Gasteiger partial charge in [-0.25, -0.2) is 0 Å². The zero-order valence-electron chi connectivity index (χ0n) is 6.37. The average molecular weight is 163 g/mol. The van der Waals surface area contributed by atoms with Gasteiger partial charge in [0.05, 0.1) is 12.5 Å². The number of hydrogen-bond acceptors (Lipinski definition) is 2. The van der Waals surface area contributed by atoms with Crippen LogP contribution in [0.25, 0.3) is 6.08 Å². The second-order valence-corrected chi connectivity index (χ2v) is 3.37. The monoisotopic (exact) mass is 163 g/mol. The summed E-state index contributed by atoms with van der Waals surface area (Å²) >= 11 is 1.73. The van der Waals surface area contributed by atoms with Crippen molar-refractivity contribution in [2.24, 2.45) is 0 Å². The zero-order valence-corrected chi connectivity index (χ0v) is 7.19. The molecule has 56 valence electrons. The summed E-state index contributed by atoms with van der Waals surface area (Å²) in [6, 6.07) is 4.17. The van der Waals surface area contributed by atoms with Gasteiger partial charge in [-0.2, -0.15) is 5.26 Å². The minimum Gasteiger partial charge on any atom is -0.198 e. The van der Waals surface area contributed by atoms with Crippen LogP contribution in [-0.4, -0.2) is 0 Å². The summed E-state index contributed by atoms with van der Waals surface area (Å²) in [6.07, 6.45) is 4.35. The first-order valence-electron chi connectivity index (χ1n) is 3.41. The van der Waals surface area contributed by atoms with Crippen LogP contribution in [0.4, 0.5) is 0 Å². The van der Waals surface area contributed by atoms with Gasteiger partial charge in [-0.15, -0.1) is 11.3 Å². The lowest BCUT2D eigenvalue weighted by Gasteiger charge is -1.79. The van der Waals surface area contributed by atoms with E-state index in [9.17, 15) is 0 Å². The highest BCUT2D eigenvalue weighted by Gasteiger charge is 1.88. The smallest absolute Gasteiger partial charge is 0.0663 e. The second-order valence-electron chi connectivity index (χ2n) is 2.26. The number of nitrogens with zero attached hydrogens (tertiary/aromatic N) is 1. The fraction of sp³-hybridized carbons (Fsp3) is 0.222. The standard InChI is InChI=1S/C9H9NS/c1-8-6-9(7-11-8)4-2-3-5-10/h2,4,6-7H,3H2,1H3. The van der Waals surface area contributed by atoms with Gasteiger partial charge in [0.25, 0.3) is 0 Å². The molecule has 0 saturated carbocycles. The molecular formula is C9H9NS. The van der Waals surface area contributed by atoms with Crippen molar-refractivity contribution in [1.29, 1.82) is 5.26 Å². The summed E-state index contributed by atoms with van der Waals surface area (Å²) in [6.45, 7) is 2.08. The van der Waals surface area contributed by atoms with Crippen LogP contribution in [0, 0.1) is 18.3 Å². The molecule has 0 aliphatic carbocycles. The van der Waals surface area contributed by atoms with E-state index < -0.39 is 0 Å². The third-order valence-corrected chi connectivity index (χ3v) is 2.15. The normalized spacial score (nSPS) is 10.2. The fourth-order valence-electron chi connectivity index (χ4n) is 0.799. The van der Waals surface area contributed by atoms with Crippen molar-refractivity contribution in [2.45, 2.75) is 13.3 Å². The van der Waals surface area contributed by atoms with Crippen molar-refractivity contribution in [3.05, 3.63) is 28.0 Å². The van der Waals surface area contributed by atoms with Gasteiger partial charge in [-0.05, 0) is 23.9 Å². The highest BCUT2D eigenvalue weighted by molar-refractivity contribution is 7.10. The Balaban J connectivity index is 2.58. The van der Waals surface area contributed by atoms with Crippen molar-refractivity contribution in [2.75, 3.05) is 0 Å². The quantitative estimate of drug-likeness (QED) is 0.657. The molecule has 2 heteroatoms. The van der Waals surface area contributed by atoms with Crippen molar-refractivity contribution < 1.29 is 0 Å². The molecule has 1 aromatic heterocycles. The maximum absolute atomic E-state index is 8.25. The van der Waals surface area contributed by atoms with Gasteiger partial charge in [0.15, 0.2) is 0 Å². The van der Waals surface area contributed by atoms with Gasteiger partial charge < -0.3 is 0 Å². The third-order valence-electron chi connectivity index (χ3n) is 1.27. The Labute approximate surface area is 70.6 Å². The largest absolute Gasteiger partial charge is 0.198 e. The number of allylic oxidation sites excluding steroid dienone is 1. The molecule has 0 N–H and O–H groups in total. The first kappa shape index (κ1) is 8.03. The van der Waals surface area contributed by atoms with E-state index in [1.165, 1.54) is 10.4 Å². The number of hydrogen-bond donors (Lipinski definition) is 0. The molecule has 0 spiro atoms. The Morgan fingerprint density at radius 1 is 1.73 bits per heavy atom. The molecule has 1 rings (SSSR count). The van der Waals surface area contributed by atoms with Crippen LogP contribution in [-0.2, 0) is 0 Å². The molecule has 0 saturated heterocycles. The minimum atomic E-state index is 0.495. The van der Waals surface area contributed by atoms with E-state index in [0.717, 1.165) is 0 Å². The Kier molecular flexibility index (Phi) is 2.88. The van der Waals surface area contributed by atoms with Crippen LogP contribution in [0.2, 0.25) is 0 Å². The van der Waals surface area contributed by atoms with E-state index in [-0.39, 0.29) is 0 Å². The van der Waals surface area contributed by atoms with Crippen LogP contribution in [0.1, 0.15) is 16.9 Å². The van der Waals surface area contributed by atoms with E-state index in [1.807, 2.05) is 12.2 Å². The van der Waals surface area contributed by atoms with Crippen molar-refractivity contribution in [1.82, 2.24) is 0 Å². The minimum absolute atomic E-state index is 0.495. The Morgan fingerprint density at radius 2 is 2.55 bits per heavy atom. The zero-order chi connectivity index (χ0) is 8.10. The molecule has 1 heterocycles. The molecule has 0 fully saturated rings. The van der Waals surface area contributed by atoms with Crippen LogP contribution in [0.5, 0.6) is 0 Å². The number of rotatable bonds is 2. The maximum atomic E-state index is 8.25. The molecule has 0 bridgehead atoms. The van der Waals surface area contributed by atoms with E-state index in [1.54, 1.807) is 11.3 Å². The van der Waals surface area contributed by atoms with Crippen LogP contribution in [0.3, 0.4) is 0 Å². The summed E-state index contributed by atoms with van der Waals surface area (Å²) in [5, 5.41) is 10.3. The van der Waals surface area contributed by atoms with E-state index in [4.69, 9.17) is 5.26 Å². The average Bonchev–Trinajstić information content (AvgIpc) is 2.37. The number of nitriles is 1. The van der Waals surface area contributed by atoms with Crippen LogP contribution >= 0.6 is 11.3 Å². The molecule has 0 unspecified atom stereocenters. The molecule has 0 radical (unpaired) electrons. The predicted molar refractivity (Wildman–Crippen MR) is 48.3 cm³/mol. The molecule has 0 aromatic carbocycles. The topological polar surface area (TPSA) is 23.8 Å². The molecule has 1 nitrogen and oxygen atoms in total. The fourth-order valence-corrected chi connectivity index (χ4v) is 1.47. The van der Waals surface area contributed by atoms with Gasteiger partial charge in [0, 0.05) is 4.88 Å². The summed E-state index contributed by atoms with van der Waals surface area (Å²) in [5.41, 5.74) is 1.20. The second kappa shape index (κ2) is 3.95.